The molecule has 1 unspecified atom stereocenters. The first-order chi connectivity index (χ1) is 10.2. The van der Waals surface area contributed by atoms with Gasteiger partial charge >= 0.3 is 0 Å². The lowest BCUT2D eigenvalue weighted by atomic mass is 10.0. The van der Waals surface area contributed by atoms with Gasteiger partial charge in [-0.25, -0.2) is 0 Å². The fourth-order valence-corrected chi connectivity index (χ4v) is 3.16. The van der Waals surface area contributed by atoms with E-state index >= 15 is 0 Å². The van der Waals surface area contributed by atoms with Crippen LogP contribution >= 0.6 is 11.6 Å². The molecule has 1 aromatic rings. The number of hydrogen-bond acceptors (Lipinski definition) is 3. The molecule has 3 nitrogen and oxygen atoms in total. The summed E-state index contributed by atoms with van der Waals surface area (Å²) in [5.74, 6) is 0. The van der Waals surface area contributed by atoms with Crippen molar-refractivity contribution in [2.24, 2.45) is 0 Å². The van der Waals surface area contributed by atoms with Crippen LogP contribution in [0.2, 0.25) is 5.02 Å². The van der Waals surface area contributed by atoms with Crippen LogP contribution in [0.25, 0.3) is 0 Å². The van der Waals surface area contributed by atoms with Crippen molar-refractivity contribution in [3.63, 3.8) is 0 Å². The van der Waals surface area contributed by atoms with E-state index in [2.05, 4.69) is 34.2 Å². The van der Waals surface area contributed by atoms with Crippen LogP contribution in [0.4, 0.5) is 0 Å². The van der Waals surface area contributed by atoms with Crippen molar-refractivity contribution in [3.8, 4) is 0 Å². The van der Waals surface area contributed by atoms with Gasteiger partial charge in [0.1, 0.15) is 0 Å². The highest BCUT2D eigenvalue weighted by Gasteiger charge is 2.17. The van der Waals surface area contributed by atoms with E-state index in [1.54, 1.807) is 0 Å². The Hall–Kier alpha value is -0.610. The third kappa shape index (κ3) is 5.26. The molecule has 0 aromatic heterocycles. The largest absolute Gasteiger partial charge is 0.313 e. The Morgan fingerprint density at radius 2 is 1.62 bits per heavy atom. The first-order valence-corrected chi connectivity index (χ1v) is 8.48. The maximum absolute atomic E-state index is 5.96. The lowest BCUT2D eigenvalue weighted by molar-refractivity contribution is 0.129. The number of benzene rings is 1. The van der Waals surface area contributed by atoms with Crippen molar-refractivity contribution in [2.75, 3.05) is 46.3 Å². The van der Waals surface area contributed by atoms with E-state index in [-0.39, 0.29) is 0 Å². The summed E-state index contributed by atoms with van der Waals surface area (Å²) in [6.07, 6.45) is 2.41. The molecule has 0 aliphatic carbocycles. The Balaban J connectivity index is 1.77. The quantitative estimate of drug-likeness (QED) is 0.835. The zero-order chi connectivity index (χ0) is 15.1. The van der Waals surface area contributed by atoms with Crippen LogP contribution in [0.15, 0.2) is 24.3 Å². The lowest BCUT2D eigenvalue weighted by Gasteiger charge is -2.35. The Morgan fingerprint density at radius 1 is 1.05 bits per heavy atom. The molecule has 0 amide bonds. The van der Waals surface area contributed by atoms with Crippen LogP contribution in [0.3, 0.4) is 0 Å². The predicted octanol–water partition coefficient (Wildman–Crippen LogP) is 3.02. The molecular formula is C17H28ClN3. The summed E-state index contributed by atoms with van der Waals surface area (Å²) < 4.78 is 0. The van der Waals surface area contributed by atoms with Crippen LogP contribution in [-0.2, 0) is 0 Å². The number of piperazine rings is 1. The number of nitrogens with zero attached hydrogens (tertiary/aromatic N) is 2. The summed E-state index contributed by atoms with van der Waals surface area (Å²) in [6.45, 7) is 9.52. The highest BCUT2D eigenvalue weighted by Crippen LogP contribution is 2.19. The Labute approximate surface area is 134 Å². The van der Waals surface area contributed by atoms with E-state index < -0.39 is 0 Å². The SMILES string of the molecule is CCCN1CCN(CCC(NC)c2ccc(Cl)cc2)CC1. The van der Waals surface area contributed by atoms with Gasteiger partial charge < -0.3 is 15.1 Å². The molecular weight excluding hydrogens is 282 g/mol. The summed E-state index contributed by atoms with van der Waals surface area (Å²) >= 11 is 5.96. The highest BCUT2D eigenvalue weighted by molar-refractivity contribution is 6.30. The predicted molar refractivity (Wildman–Crippen MR) is 91.0 cm³/mol. The molecule has 0 bridgehead atoms. The molecule has 118 valence electrons. The number of hydrogen-bond donors (Lipinski definition) is 1. The molecule has 1 saturated heterocycles. The Kier molecular flexibility index (Phi) is 6.97. The topological polar surface area (TPSA) is 18.5 Å². The van der Waals surface area contributed by atoms with Gasteiger partial charge in [-0.15, -0.1) is 0 Å². The standard InChI is InChI=1S/C17H28ClN3/c1-3-9-20-11-13-21(14-12-20)10-8-17(19-2)15-4-6-16(18)7-5-15/h4-7,17,19H,3,8-14H2,1-2H3. The summed E-state index contributed by atoms with van der Waals surface area (Å²) in [6, 6.07) is 8.62. The van der Waals surface area contributed by atoms with Gasteiger partial charge in [-0.2, -0.15) is 0 Å². The van der Waals surface area contributed by atoms with Crippen LogP contribution in [0.5, 0.6) is 0 Å². The minimum absolute atomic E-state index is 0.413. The zero-order valence-electron chi connectivity index (χ0n) is 13.3. The molecule has 1 aliphatic rings. The van der Waals surface area contributed by atoms with E-state index in [1.807, 2.05) is 19.2 Å². The third-order valence-corrected chi connectivity index (χ3v) is 4.61. The monoisotopic (exact) mass is 309 g/mol. The van der Waals surface area contributed by atoms with E-state index in [1.165, 1.54) is 44.7 Å². The number of rotatable bonds is 7. The van der Waals surface area contributed by atoms with Gasteiger partial charge in [0.15, 0.2) is 0 Å². The van der Waals surface area contributed by atoms with Crippen molar-refractivity contribution >= 4 is 11.6 Å². The molecule has 4 heteroatoms. The Morgan fingerprint density at radius 3 is 2.14 bits per heavy atom. The smallest absolute Gasteiger partial charge is 0.0406 e. The molecule has 1 aromatic carbocycles. The minimum Gasteiger partial charge on any atom is -0.313 e. The van der Waals surface area contributed by atoms with Gasteiger partial charge in [0.2, 0.25) is 0 Å². The summed E-state index contributed by atoms with van der Waals surface area (Å²) in [7, 11) is 2.04. The molecule has 1 fully saturated rings. The van der Waals surface area contributed by atoms with E-state index in [0.717, 1.165) is 18.0 Å². The first kappa shape index (κ1) is 16.8. The molecule has 1 heterocycles. The van der Waals surface area contributed by atoms with Gasteiger partial charge in [-0.1, -0.05) is 30.7 Å². The molecule has 1 N–H and O–H groups in total. The van der Waals surface area contributed by atoms with Gasteiger partial charge in [0, 0.05) is 43.8 Å². The maximum atomic E-state index is 5.96. The lowest BCUT2D eigenvalue weighted by Crippen LogP contribution is -2.47. The summed E-state index contributed by atoms with van der Waals surface area (Å²) in [4.78, 5) is 5.16. The van der Waals surface area contributed by atoms with Crippen molar-refractivity contribution in [1.29, 1.82) is 0 Å². The van der Waals surface area contributed by atoms with Gasteiger partial charge in [0.25, 0.3) is 0 Å². The molecule has 0 radical (unpaired) electrons. The molecule has 2 rings (SSSR count). The second-order valence-corrected chi connectivity index (χ2v) is 6.30. The fourth-order valence-electron chi connectivity index (χ4n) is 3.04. The van der Waals surface area contributed by atoms with Gasteiger partial charge in [-0.3, -0.25) is 0 Å². The van der Waals surface area contributed by atoms with Crippen molar-refractivity contribution in [1.82, 2.24) is 15.1 Å². The molecule has 1 atom stereocenters. The van der Waals surface area contributed by atoms with E-state index in [9.17, 15) is 0 Å². The number of nitrogens with one attached hydrogen (secondary N) is 1. The van der Waals surface area contributed by atoms with Crippen LogP contribution in [0.1, 0.15) is 31.4 Å². The van der Waals surface area contributed by atoms with Crippen LogP contribution < -0.4 is 5.32 Å². The van der Waals surface area contributed by atoms with Crippen molar-refractivity contribution < 1.29 is 0 Å². The fraction of sp³-hybridized carbons (Fsp3) is 0.647. The second-order valence-electron chi connectivity index (χ2n) is 5.86. The molecule has 1 aliphatic heterocycles. The Bertz CT molecular complexity index is 399. The maximum Gasteiger partial charge on any atom is 0.0406 e. The minimum atomic E-state index is 0.413. The normalized spacial score (nSPS) is 18.8. The summed E-state index contributed by atoms with van der Waals surface area (Å²) in [5, 5.41) is 4.23. The molecule has 0 spiro atoms. The third-order valence-electron chi connectivity index (χ3n) is 4.36. The van der Waals surface area contributed by atoms with Gasteiger partial charge in [-0.05, 0) is 44.1 Å². The van der Waals surface area contributed by atoms with Crippen molar-refractivity contribution in [2.45, 2.75) is 25.8 Å². The van der Waals surface area contributed by atoms with Crippen LogP contribution in [0, 0.1) is 0 Å². The average molecular weight is 310 g/mol. The number of halogens is 1. The summed E-state index contributed by atoms with van der Waals surface area (Å²) in [5.41, 5.74) is 1.33. The molecule has 21 heavy (non-hydrogen) atoms. The molecule has 0 saturated carbocycles. The van der Waals surface area contributed by atoms with Gasteiger partial charge in [0.05, 0.1) is 0 Å². The second kappa shape index (κ2) is 8.74. The first-order valence-electron chi connectivity index (χ1n) is 8.10. The van der Waals surface area contributed by atoms with Crippen LogP contribution in [-0.4, -0.2) is 56.1 Å². The average Bonchev–Trinajstić information content (AvgIpc) is 2.51. The van der Waals surface area contributed by atoms with E-state index in [4.69, 9.17) is 11.6 Å². The van der Waals surface area contributed by atoms with Crippen molar-refractivity contribution in [3.05, 3.63) is 34.9 Å². The zero-order valence-corrected chi connectivity index (χ0v) is 14.1. The van der Waals surface area contributed by atoms with E-state index in [0.29, 0.717) is 6.04 Å². The highest BCUT2D eigenvalue weighted by atomic mass is 35.5.